The summed E-state index contributed by atoms with van der Waals surface area (Å²) in [6, 6.07) is 22.1. The summed E-state index contributed by atoms with van der Waals surface area (Å²) in [5, 5.41) is 0. The Kier molecular flexibility index (Phi) is 7.77. The molecule has 1 aliphatic rings. The number of rotatable bonds is 6. The quantitative estimate of drug-likeness (QED) is 0.408. The molecule has 1 fully saturated rings. The van der Waals surface area contributed by atoms with E-state index >= 15 is 8.78 Å². The second-order valence-corrected chi connectivity index (χ2v) is 10.0. The Morgan fingerprint density at radius 1 is 0.833 bits per heavy atom. The van der Waals surface area contributed by atoms with E-state index in [0.717, 1.165) is 11.1 Å². The van der Waals surface area contributed by atoms with Gasteiger partial charge in [0.05, 0.1) is 11.4 Å². The highest BCUT2D eigenvalue weighted by Gasteiger charge is 2.28. The number of carbonyl (C=O) groups excluding carboxylic acids is 1. The van der Waals surface area contributed by atoms with Crippen LogP contribution in [0.5, 0.6) is 0 Å². The average Bonchev–Trinajstić information content (AvgIpc) is 2.85. The van der Waals surface area contributed by atoms with Crippen LogP contribution in [0.1, 0.15) is 31.9 Å². The normalized spacial score (nSPS) is 14.0. The maximum Gasteiger partial charge on any atom is 0.410 e. The van der Waals surface area contributed by atoms with Crippen molar-refractivity contribution in [2.75, 3.05) is 36.0 Å². The SMILES string of the molecule is CC(C)(C)OC(=O)N1CCN(c2cc(F)c(N(Cc3ccccc3)Cc3ccccc3)cc2F)CC1. The van der Waals surface area contributed by atoms with E-state index in [2.05, 4.69) is 0 Å². The predicted octanol–water partition coefficient (Wildman–Crippen LogP) is 6.23. The van der Waals surface area contributed by atoms with Gasteiger partial charge in [0, 0.05) is 51.4 Å². The molecule has 36 heavy (non-hydrogen) atoms. The Labute approximate surface area is 211 Å². The minimum Gasteiger partial charge on any atom is -0.444 e. The van der Waals surface area contributed by atoms with Gasteiger partial charge in [0.25, 0.3) is 0 Å². The Balaban J connectivity index is 1.52. The van der Waals surface area contributed by atoms with Gasteiger partial charge in [-0.1, -0.05) is 60.7 Å². The van der Waals surface area contributed by atoms with Crippen molar-refractivity contribution in [3.8, 4) is 0 Å². The molecule has 1 amide bonds. The van der Waals surface area contributed by atoms with E-state index in [9.17, 15) is 4.79 Å². The molecule has 1 aliphatic heterocycles. The number of piperazine rings is 1. The molecular formula is C29H33F2N3O2. The number of benzene rings is 3. The lowest BCUT2D eigenvalue weighted by atomic mass is 10.1. The van der Waals surface area contributed by atoms with Gasteiger partial charge in [-0.3, -0.25) is 0 Å². The van der Waals surface area contributed by atoms with Crippen molar-refractivity contribution in [3.63, 3.8) is 0 Å². The second kappa shape index (κ2) is 11.0. The van der Waals surface area contributed by atoms with Crippen LogP contribution in [0, 0.1) is 11.6 Å². The first-order valence-electron chi connectivity index (χ1n) is 12.2. The zero-order chi connectivity index (χ0) is 25.7. The molecule has 190 valence electrons. The van der Waals surface area contributed by atoms with Gasteiger partial charge in [-0.25, -0.2) is 13.6 Å². The van der Waals surface area contributed by atoms with Crippen molar-refractivity contribution in [3.05, 3.63) is 95.6 Å². The minimum absolute atomic E-state index is 0.208. The molecule has 0 unspecified atom stereocenters. The van der Waals surface area contributed by atoms with Crippen molar-refractivity contribution in [1.29, 1.82) is 0 Å². The number of halogens is 2. The molecule has 1 heterocycles. The van der Waals surface area contributed by atoms with Crippen LogP contribution in [-0.4, -0.2) is 42.8 Å². The Morgan fingerprint density at radius 2 is 1.36 bits per heavy atom. The summed E-state index contributed by atoms with van der Waals surface area (Å²) in [5.74, 6) is -0.962. The molecule has 0 radical (unpaired) electrons. The fourth-order valence-electron chi connectivity index (χ4n) is 4.30. The fraction of sp³-hybridized carbons (Fsp3) is 0.345. The summed E-state index contributed by atoms with van der Waals surface area (Å²) in [7, 11) is 0. The largest absolute Gasteiger partial charge is 0.444 e. The zero-order valence-corrected chi connectivity index (χ0v) is 21.1. The first-order chi connectivity index (χ1) is 17.2. The van der Waals surface area contributed by atoms with Crippen molar-refractivity contribution in [2.24, 2.45) is 0 Å². The lowest BCUT2D eigenvalue weighted by Gasteiger charge is -2.37. The molecule has 0 N–H and O–H groups in total. The van der Waals surface area contributed by atoms with Gasteiger partial charge in [0.1, 0.15) is 17.2 Å². The maximum atomic E-state index is 15.5. The molecule has 0 saturated carbocycles. The highest BCUT2D eigenvalue weighted by molar-refractivity contribution is 5.69. The number of ether oxygens (including phenoxy) is 1. The van der Waals surface area contributed by atoms with Crippen LogP contribution in [0.15, 0.2) is 72.8 Å². The fourth-order valence-corrected chi connectivity index (χ4v) is 4.30. The summed E-state index contributed by atoms with van der Waals surface area (Å²) < 4.78 is 36.3. The topological polar surface area (TPSA) is 36.0 Å². The number of hydrogen-bond donors (Lipinski definition) is 0. The van der Waals surface area contributed by atoms with Crippen LogP contribution in [0.3, 0.4) is 0 Å². The number of amides is 1. The molecule has 0 atom stereocenters. The monoisotopic (exact) mass is 493 g/mol. The second-order valence-electron chi connectivity index (χ2n) is 10.0. The average molecular weight is 494 g/mol. The molecule has 1 saturated heterocycles. The van der Waals surface area contributed by atoms with Gasteiger partial charge in [-0.2, -0.15) is 0 Å². The smallest absolute Gasteiger partial charge is 0.410 e. The van der Waals surface area contributed by atoms with Crippen LogP contribution in [-0.2, 0) is 17.8 Å². The third kappa shape index (κ3) is 6.53. The standard InChI is InChI=1S/C29H33F2N3O2/c1-29(2,3)36-28(35)33-16-14-32(15-17-33)26-18-25(31)27(19-24(26)30)34(20-22-10-6-4-7-11-22)21-23-12-8-5-9-13-23/h4-13,18-19H,14-17,20-21H2,1-3H3. The van der Waals surface area contributed by atoms with Crippen molar-refractivity contribution >= 4 is 17.5 Å². The third-order valence-corrected chi connectivity index (χ3v) is 6.06. The molecule has 0 aliphatic carbocycles. The van der Waals surface area contributed by atoms with E-state index < -0.39 is 17.2 Å². The van der Waals surface area contributed by atoms with Crippen molar-refractivity contribution in [1.82, 2.24) is 4.90 Å². The Hall–Kier alpha value is -3.61. The summed E-state index contributed by atoms with van der Waals surface area (Å²) >= 11 is 0. The molecular weight excluding hydrogens is 460 g/mol. The number of anilines is 2. The Morgan fingerprint density at radius 3 is 1.86 bits per heavy atom. The lowest BCUT2D eigenvalue weighted by molar-refractivity contribution is 0.0240. The predicted molar refractivity (Wildman–Crippen MR) is 139 cm³/mol. The highest BCUT2D eigenvalue weighted by atomic mass is 19.1. The van der Waals surface area contributed by atoms with E-state index in [4.69, 9.17) is 4.74 Å². The van der Waals surface area contributed by atoms with Crippen LogP contribution >= 0.6 is 0 Å². The summed E-state index contributed by atoms with van der Waals surface area (Å²) in [4.78, 5) is 17.6. The maximum absolute atomic E-state index is 15.5. The molecule has 3 aromatic rings. The van der Waals surface area contributed by atoms with Gasteiger partial charge in [-0.05, 0) is 31.9 Å². The van der Waals surface area contributed by atoms with E-state index in [1.54, 1.807) is 9.80 Å². The van der Waals surface area contributed by atoms with Crippen LogP contribution in [0.4, 0.5) is 25.0 Å². The molecule has 0 spiro atoms. The van der Waals surface area contributed by atoms with E-state index in [-0.39, 0.29) is 17.5 Å². The number of hydrogen-bond acceptors (Lipinski definition) is 4. The van der Waals surface area contributed by atoms with E-state index in [0.29, 0.717) is 39.3 Å². The van der Waals surface area contributed by atoms with Crippen LogP contribution in [0.25, 0.3) is 0 Å². The van der Waals surface area contributed by atoms with E-state index in [1.165, 1.54) is 12.1 Å². The van der Waals surface area contributed by atoms with Gasteiger partial charge in [0.2, 0.25) is 0 Å². The first-order valence-corrected chi connectivity index (χ1v) is 12.2. The lowest BCUT2D eigenvalue weighted by Crippen LogP contribution is -2.50. The zero-order valence-electron chi connectivity index (χ0n) is 21.1. The van der Waals surface area contributed by atoms with Gasteiger partial charge >= 0.3 is 6.09 Å². The van der Waals surface area contributed by atoms with Crippen LogP contribution < -0.4 is 9.80 Å². The molecule has 0 bridgehead atoms. The van der Waals surface area contributed by atoms with E-state index in [1.807, 2.05) is 86.3 Å². The molecule has 4 rings (SSSR count). The van der Waals surface area contributed by atoms with Crippen molar-refractivity contribution < 1.29 is 18.3 Å². The van der Waals surface area contributed by atoms with Crippen LogP contribution in [0.2, 0.25) is 0 Å². The molecule has 0 aromatic heterocycles. The molecule has 7 heteroatoms. The number of carbonyl (C=O) groups is 1. The van der Waals surface area contributed by atoms with Gasteiger partial charge < -0.3 is 19.4 Å². The summed E-state index contributed by atoms with van der Waals surface area (Å²) in [6.45, 7) is 7.90. The molecule has 3 aromatic carbocycles. The van der Waals surface area contributed by atoms with Gasteiger partial charge in [0.15, 0.2) is 0 Å². The van der Waals surface area contributed by atoms with Gasteiger partial charge in [-0.15, -0.1) is 0 Å². The first kappa shape index (κ1) is 25.5. The van der Waals surface area contributed by atoms with Crippen molar-refractivity contribution in [2.45, 2.75) is 39.5 Å². The minimum atomic E-state index is -0.579. The highest BCUT2D eigenvalue weighted by Crippen LogP contribution is 2.31. The summed E-state index contributed by atoms with van der Waals surface area (Å²) in [5.41, 5.74) is 1.87. The molecule has 5 nitrogen and oxygen atoms in total. The number of nitrogens with zero attached hydrogens (tertiary/aromatic N) is 3. The Bertz CT molecular complexity index is 1120. The summed E-state index contributed by atoms with van der Waals surface area (Å²) in [6.07, 6.45) is -0.387. The third-order valence-electron chi connectivity index (χ3n) is 6.06.